The Balaban J connectivity index is 2.15. The van der Waals surface area contributed by atoms with Gasteiger partial charge < -0.3 is 5.32 Å². The van der Waals surface area contributed by atoms with Gasteiger partial charge in [-0.1, -0.05) is 53.5 Å². The van der Waals surface area contributed by atoms with Gasteiger partial charge in [-0.2, -0.15) is 0 Å². The lowest BCUT2D eigenvalue weighted by Crippen LogP contribution is -2.47. The molecule has 0 saturated carbocycles. The zero-order valence-electron chi connectivity index (χ0n) is 11.9. The van der Waals surface area contributed by atoms with Crippen LogP contribution in [0.3, 0.4) is 0 Å². The second kappa shape index (κ2) is 7.97. The summed E-state index contributed by atoms with van der Waals surface area (Å²) in [6.07, 6.45) is 0.236. The Bertz CT molecular complexity index is 708. The van der Waals surface area contributed by atoms with E-state index in [1.54, 1.807) is 5.48 Å². The van der Waals surface area contributed by atoms with Gasteiger partial charge in [0.2, 0.25) is 0 Å². The maximum atomic E-state index is 12.3. The molecule has 1 atom stereocenters. The van der Waals surface area contributed by atoms with E-state index in [0.29, 0.717) is 5.02 Å². The number of nitrogens with one attached hydrogen (secondary N) is 2. The molecule has 7 heteroatoms. The first-order valence-electron chi connectivity index (χ1n) is 6.75. The molecule has 120 valence electrons. The molecular weight excluding hydrogens is 339 g/mol. The lowest BCUT2D eigenvalue weighted by molar-refractivity contribution is -0.131. The predicted octanol–water partition coefficient (Wildman–Crippen LogP) is 2.84. The number of hydroxylamine groups is 1. The van der Waals surface area contributed by atoms with Crippen molar-refractivity contribution in [2.24, 2.45) is 0 Å². The summed E-state index contributed by atoms with van der Waals surface area (Å²) >= 11 is 11.7. The number of hydrogen-bond donors (Lipinski definition) is 3. The summed E-state index contributed by atoms with van der Waals surface area (Å²) in [7, 11) is 0. The largest absolute Gasteiger partial charge is 0.340 e. The van der Waals surface area contributed by atoms with Crippen molar-refractivity contribution in [2.45, 2.75) is 12.5 Å². The van der Waals surface area contributed by atoms with Crippen LogP contribution >= 0.6 is 23.2 Å². The van der Waals surface area contributed by atoms with E-state index in [1.807, 2.05) is 30.3 Å². The van der Waals surface area contributed by atoms with Gasteiger partial charge in [-0.25, -0.2) is 5.48 Å². The number of carbonyl (C=O) groups excluding carboxylic acids is 2. The fourth-order valence-corrected chi connectivity index (χ4v) is 2.31. The van der Waals surface area contributed by atoms with Gasteiger partial charge >= 0.3 is 0 Å². The maximum Gasteiger partial charge on any atom is 0.266 e. The van der Waals surface area contributed by atoms with E-state index in [2.05, 4.69) is 5.32 Å². The minimum absolute atomic E-state index is 0.236. The summed E-state index contributed by atoms with van der Waals surface area (Å²) in [4.78, 5) is 24.0. The Morgan fingerprint density at radius 3 is 2.35 bits per heavy atom. The molecule has 0 radical (unpaired) electrons. The van der Waals surface area contributed by atoms with Crippen molar-refractivity contribution >= 4 is 35.0 Å². The predicted molar refractivity (Wildman–Crippen MR) is 87.8 cm³/mol. The minimum atomic E-state index is -0.927. The van der Waals surface area contributed by atoms with Gasteiger partial charge in [0.05, 0.1) is 10.0 Å². The van der Waals surface area contributed by atoms with Gasteiger partial charge in [0.25, 0.3) is 11.8 Å². The lowest BCUT2D eigenvalue weighted by atomic mass is 10.0. The summed E-state index contributed by atoms with van der Waals surface area (Å²) < 4.78 is 0. The fourth-order valence-electron chi connectivity index (χ4n) is 2.02. The monoisotopic (exact) mass is 352 g/mol. The average Bonchev–Trinajstić information content (AvgIpc) is 2.56. The lowest BCUT2D eigenvalue weighted by Gasteiger charge is -2.17. The van der Waals surface area contributed by atoms with E-state index < -0.39 is 17.9 Å². The molecule has 0 fully saturated rings. The zero-order valence-corrected chi connectivity index (χ0v) is 13.4. The van der Waals surface area contributed by atoms with Crippen molar-refractivity contribution in [2.75, 3.05) is 0 Å². The molecular formula is C16H14Cl2N2O3. The van der Waals surface area contributed by atoms with Crippen LogP contribution < -0.4 is 10.8 Å². The summed E-state index contributed by atoms with van der Waals surface area (Å²) in [5.74, 6) is -1.20. The topological polar surface area (TPSA) is 78.4 Å². The van der Waals surface area contributed by atoms with Crippen LogP contribution in [0.1, 0.15) is 15.9 Å². The molecule has 0 spiro atoms. The SMILES string of the molecule is O=C(N[C@@H](Cc1ccccc1)C(=O)NO)c1ccc(Cl)c(Cl)c1. The first-order valence-corrected chi connectivity index (χ1v) is 7.50. The Labute approximate surface area is 143 Å². The van der Waals surface area contributed by atoms with Gasteiger partial charge in [0.1, 0.15) is 6.04 Å². The molecule has 2 amide bonds. The third-order valence-corrected chi connectivity index (χ3v) is 3.94. The Morgan fingerprint density at radius 2 is 1.74 bits per heavy atom. The molecule has 0 bridgehead atoms. The number of rotatable bonds is 5. The normalized spacial score (nSPS) is 11.6. The van der Waals surface area contributed by atoms with Crippen molar-refractivity contribution < 1.29 is 14.8 Å². The van der Waals surface area contributed by atoms with Crippen LogP contribution in [0.4, 0.5) is 0 Å². The minimum Gasteiger partial charge on any atom is -0.340 e. The van der Waals surface area contributed by atoms with Crippen LogP contribution in [0.2, 0.25) is 10.0 Å². The Kier molecular flexibility index (Phi) is 5.98. The molecule has 0 aromatic heterocycles. The average molecular weight is 353 g/mol. The second-order valence-electron chi connectivity index (χ2n) is 4.82. The number of amides is 2. The van der Waals surface area contributed by atoms with Crippen molar-refractivity contribution in [1.29, 1.82) is 0 Å². The van der Waals surface area contributed by atoms with Crippen molar-refractivity contribution in [3.63, 3.8) is 0 Å². The summed E-state index contributed by atoms with van der Waals surface area (Å²) in [5.41, 5.74) is 2.67. The highest BCUT2D eigenvalue weighted by molar-refractivity contribution is 6.42. The molecule has 0 heterocycles. The van der Waals surface area contributed by atoms with Crippen LogP contribution in [0.5, 0.6) is 0 Å². The van der Waals surface area contributed by atoms with E-state index in [4.69, 9.17) is 28.4 Å². The third kappa shape index (κ3) is 4.69. The molecule has 0 aliphatic heterocycles. The molecule has 0 saturated heterocycles. The van der Waals surface area contributed by atoms with Gasteiger partial charge in [-0.3, -0.25) is 14.8 Å². The van der Waals surface area contributed by atoms with Gasteiger partial charge in [-0.15, -0.1) is 0 Å². The van der Waals surface area contributed by atoms with Crippen LogP contribution in [-0.4, -0.2) is 23.1 Å². The van der Waals surface area contributed by atoms with Gasteiger partial charge in [-0.05, 0) is 23.8 Å². The molecule has 5 nitrogen and oxygen atoms in total. The van der Waals surface area contributed by atoms with Crippen LogP contribution in [0, 0.1) is 0 Å². The molecule has 0 unspecified atom stereocenters. The first-order chi connectivity index (χ1) is 11.0. The van der Waals surface area contributed by atoms with E-state index in [-0.39, 0.29) is 17.0 Å². The quantitative estimate of drug-likeness (QED) is 0.571. The summed E-state index contributed by atoms with van der Waals surface area (Å²) in [6, 6.07) is 12.6. The van der Waals surface area contributed by atoms with Gasteiger partial charge in [0, 0.05) is 12.0 Å². The number of carbonyl (C=O) groups is 2. The molecule has 2 rings (SSSR count). The Hall–Kier alpha value is -2.08. The number of benzene rings is 2. The molecule has 2 aromatic carbocycles. The van der Waals surface area contributed by atoms with Crippen LogP contribution in [0.25, 0.3) is 0 Å². The number of hydrogen-bond acceptors (Lipinski definition) is 3. The molecule has 0 aliphatic rings. The summed E-state index contributed by atoms with van der Waals surface area (Å²) in [5, 5.41) is 12.0. The highest BCUT2D eigenvalue weighted by atomic mass is 35.5. The van der Waals surface area contributed by atoms with Gasteiger partial charge in [0.15, 0.2) is 0 Å². The van der Waals surface area contributed by atoms with E-state index in [9.17, 15) is 9.59 Å². The smallest absolute Gasteiger partial charge is 0.266 e. The standard InChI is InChI=1S/C16H14Cl2N2O3/c17-12-7-6-11(9-13(12)18)15(21)19-14(16(22)20-23)8-10-4-2-1-3-5-10/h1-7,9,14,23H,8H2,(H,19,21)(H,20,22)/t14-/m0/s1. The van der Waals surface area contributed by atoms with E-state index in [0.717, 1.165) is 5.56 Å². The van der Waals surface area contributed by atoms with Crippen molar-refractivity contribution in [3.8, 4) is 0 Å². The highest BCUT2D eigenvalue weighted by Crippen LogP contribution is 2.22. The number of halogens is 2. The third-order valence-electron chi connectivity index (χ3n) is 3.20. The fraction of sp³-hybridized carbons (Fsp3) is 0.125. The molecule has 0 aliphatic carbocycles. The van der Waals surface area contributed by atoms with Crippen LogP contribution in [-0.2, 0) is 11.2 Å². The molecule has 2 aromatic rings. The highest BCUT2D eigenvalue weighted by Gasteiger charge is 2.21. The van der Waals surface area contributed by atoms with Crippen molar-refractivity contribution in [1.82, 2.24) is 10.8 Å². The zero-order chi connectivity index (χ0) is 16.8. The Morgan fingerprint density at radius 1 is 1.04 bits per heavy atom. The van der Waals surface area contributed by atoms with E-state index in [1.165, 1.54) is 18.2 Å². The summed E-state index contributed by atoms with van der Waals surface area (Å²) in [6.45, 7) is 0. The molecule has 23 heavy (non-hydrogen) atoms. The molecule has 3 N–H and O–H groups in total. The van der Waals surface area contributed by atoms with E-state index >= 15 is 0 Å². The van der Waals surface area contributed by atoms with Crippen molar-refractivity contribution in [3.05, 3.63) is 69.7 Å². The van der Waals surface area contributed by atoms with Crippen LogP contribution in [0.15, 0.2) is 48.5 Å². The maximum absolute atomic E-state index is 12.3. The second-order valence-corrected chi connectivity index (χ2v) is 5.64. The first kappa shape index (κ1) is 17.3.